The van der Waals surface area contributed by atoms with Gasteiger partial charge in [0.15, 0.2) is 11.5 Å². The highest BCUT2D eigenvalue weighted by Crippen LogP contribution is 2.31. The summed E-state index contributed by atoms with van der Waals surface area (Å²) in [7, 11) is 3.12. The molecule has 0 unspecified atom stereocenters. The molecule has 0 spiro atoms. The van der Waals surface area contributed by atoms with Crippen molar-refractivity contribution in [3.63, 3.8) is 0 Å². The number of halogens is 1. The van der Waals surface area contributed by atoms with Crippen LogP contribution in [0.5, 0.6) is 11.5 Å². The SMILES string of the molecule is COc1cc2cnc(C(=O)c3ccccc3Br)nc2cc1OC. The third-order valence-corrected chi connectivity index (χ3v) is 4.10. The highest BCUT2D eigenvalue weighted by atomic mass is 79.9. The van der Waals surface area contributed by atoms with Crippen LogP contribution in [0, 0.1) is 0 Å². The van der Waals surface area contributed by atoms with Gasteiger partial charge in [-0.3, -0.25) is 4.79 Å². The Morgan fingerprint density at radius 2 is 1.78 bits per heavy atom. The lowest BCUT2D eigenvalue weighted by molar-refractivity contribution is 0.102. The predicted octanol–water partition coefficient (Wildman–Crippen LogP) is 3.64. The molecular weight excluding hydrogens is 360 g/mol. The van der Waals surface area contributed by atoms with E-state index < -0.39 is 0 Å². The minimum atomic E-state index is -0.242. The maximum Gasteiger partial charge on any atom is 0.231 e. The molecule has 23 heavy (non-hydrogen) atoms. The Morgan fingerprint density at radius 3 is 2.48 bits per heavy atom. The number of ether oxygens (including phenoxy) is 2. The quantitative estimate of drug-likeness (QED) is 0.654. The first-order valence-electron chi connectivity index (χ1n) is 6.82. The van der Waals surface area contributed by atoms with E-state index in [1.165, 1.54) is 0 Å². The molecule has 0 amide bonds. The summed E-state index contributed by atoms with van der Waals surface area (Å²) in [4.78, 5) is 21.1. The van der Waals surface area contributed by atoms with Gasteiger partial charge in [0, 0.05) is 27.7 Å². The van der Waals surface area contributed by atoms with Crippen LogP contribution in [-0.2, 0) is 0 Å². The van der Waals surface area contributed by atoms with Crippen LogP contribution >= 0.6 is 15.9 Å². The van der Waals surface area contributed by atoms with Gasteiger partial charge >= 0.3 is 0 Å². The fourth-order valence-corrected chi connectivity index (χ4v) is 2.70. The lowest BCUT2D eigenvalue weighted by Crippen LogP contribution is -2.08. The van der Waals surface area contributed by atoms with Crippen LogP contribution in [0.15, 0.2) is 47.1 Å². The van der Waals surface area contributed by atoms with E-state index in [0.29, 0.717) is 27.1 Å². The molecular formula is C17H13BrN2O3. The van der Waals surface area contributed by atoms with Gasteiger partial charge in [-0.2, -0.15) is 0 Å². The summed E-state index contributed by atoms with van der Waals surface area (Å²) in [6, 6.07) is 10.7. The maximum atomic E-state index is 12.6. The Hall–Kier alpha value is -2.47. The number of hydrogen-bond donors (Lipinski definition) is 0. The number of methoxy groups -OCH3 is 2. The van der Waals surface area contributed by atoms with Gasteiger partial charge < -0.3 is 9.47 Å². The molecule has 0 aliphatic heterocycles. The number of benzene rings is 2. The van der Waals surface area contributed by atoms with Crippen LogP contribution in [0.25, 0.3) is 10.9 Å². The Morgan fingerprint density at radius 1 is 1.09 bits per heavy atom. The number of fused-ring (bicyclic) bond motifs is 1. The molecule has 0 fully saturated rings. The van der Waals surface area contributed by atoms with Gasteiger partial charge in [0.25, 0.3) is 0 Å². The molecule has 1 heterocycles. The molecule has 0 atom stereocenters. The minimum Gasteiger partial charge on any atom is -0.493 e. The Balaban J connectivity index is 2.09. The molecule has 2 aromatic carbocycles. The second-order valence-electron chi connectivity index (χ2n) is 4.77. The Labute approximate surface area is 141 Å². The highest BCUT2D eigenvalue weighted by Gasteiger charge is 2.16. The number of nitrogens with zero attached hydrogens (tertiary/aromatic N) is 2. The fourth-order valence-electron chi connectivity index (χ4n) is 2.23. The zero-order valence-corrected chi connectivity index (χ0v) is 14.1. The lowest BCUT2D eigenvalue weighted by Gasteiger charge is -2.09. The smallest absolute Gasteiger partial charge is 0.231 e. The molecule has 5 nitrogen and oxygen atoms in total. The van der Waals surface area contributed by atoms with Gasteiger partial charge in [-0.05, 0) is 18.2 Å². The average molecular weight is 373 g/mol. The van der Waals surface area contributed by atoms with Gasteiger partial charge in [-0.1, -0.05) is 28.1 Å². The van der Waals surface area contributed by atoms with Crippen molar-refractivity contribution in [2.45, 2.75) is 0 Å². The molecule has 0 aliphatic carbocycles. The second-order valence-corrected chi connectivity index (χ2v) is 5.62. The number of aromatic nitrogens is 2. The standard InChI is InChI=1S/C17H13BrN2O3/c1-22-14-7-10-9-19-17(20-13(10)8-15(14)23-2)16(21)11-5-3-4-6-12(11)18/h3-9H,1-2H3. The molecule has 3 rings (SSSR count). The summed E-state index contributed by atoms with van der Waals surface area (Å²) in [6.07, 6.45) is 1.61. The summed E-state index contributed by atoms with van der Waals surface area (Å²) in [5.74, 6) is 1.04. The third-order valence-electron chi connectivity index (χ3n) is 3.41. The second kappa shape index (κ2) is 6.34. The van der Waals surface area contributed by atoms with Gasteiger partial charge in [0.2, 0.25) is 11.6 Å². The molecule has 3 aromatic rings. The summed E-state index contributed by atoms with van der Waals surface area (Å²) in [5, 5.41) is 0.770. The van der Waals surface area contributed by atoms with E-state index in [4.69, 9.17) is 9.47 Å². The van der Waals surface area contributed by atoms with Crippen molar-refractivity contribution < 1.29 is 14.3 Å². The van der Waals surface area contributed by atoms with Crippen LogP contribution < -0.4 is 9.47 Å². The fraction of sp³-hybridized carbons (Fsp3) is 0.118. The summed E-state index contributed by atoms with van der Waals surface area (Å²) in [5.41, 5.74) is 1.14. The number of carbonyl (C=O) groups excluding carboxylic acids is 1. The van der Waals surface area contributed by atoms with E-state index in [0.717, 1.165) is 5.39 Å². The first-order valence-corrected chi connectivity index (χ1v) is 7.61. The lowest BCUT2D eigenvalue weighted by atomic mass is 10.1. The first kappa shape index (κ1) is 15.4. The van der Waals surface area contributed by atoms with Gasteiger partial charge in [-0.15, -0.1) is 0 Å². The number of carbonyl (C=O) groups is 1. The van der Waals surface area contributed by atoms with E-state index in [-0.39, 0.29) is 11.6 Å². The molecule has 0 bridgehead atoms. The van der Waals surface area contributed by atoms with Crippen molar-refractivity contribution in [1.82, 2.24) is 9.97 Å². The zero-order chi connectivity index (χ0) is 16.4. The molecule has 0 N–H and O–H groups in total. The average Bonchev–Trinajstić information content (AvgIpc) is 2.59. The first-order chi connectivity index (χ1) is 11.1. The van der Waals surface area contributed by atoms with Crippen molar-refractivity contribution in [2.75, 3.05) is 14.2 Å². The van der Waals surface area contributed by atoms with Crippen LogP contribution in [0.2, 0.25) is 0 Å². The maximum absolute atomic E-state index is 12.6. The third kappa shape index (κ3) is 2.90. The number of ketones is 1. The van der Waals surface area contributed by atoms with E-state index in [9.17, 15) is 4.79 Å². The molecule has 116 valence electrons. The highest BCUT2D eigenvalue weighted by molar-refractivity contribution is 9.10. The summed E-state index contributed by atoms with van der Waals surface area (Å²) < 4.78 is 11.2. The molecule has 0 radical (unpaired) electrons. The van der Waals surface area contributed by atoms with E-state index in [1.54, 1.807) is 44.7 Å². The van der Waals surface area contributed by atoms with Gasteiger partial charge in [0.05, 0.1) is 19.7 Å². The van der Waals surface area contributed by atoms with Crippen molar-refractivity contribution in [3.05, 3.63) is 58.5 Å². The predicted molar refractivity (Wildman–Crippen MR) is 90.2 cm³/mol. The Kier molecular flexibility index (Phi) is 4.25. The normalized spacial score (nSPS) is 10.6. The van der Waals surface area contributed by atoms with Gasteiger partial charge in [0.1, 0.15) is 0 Å². The van der Waals surface area contributed by atoms with E-state index in [1.807, 2.05) is 12.1 Å². The molecule has 6 heteroatoms. The zero-order valence-electron chi connectivity index (χ0n) is 12.5. The van der Waals surface area contributed by atoms with E-state index in [2.05, 4.69) is 25.9 Å². The monoisotopic (exact) mass is 372 g/mol. The Bertz CT molecular complexity index is 896. The molecule has 0 saturated heterocycles. The summed E-state index contributed by atoms with van der Waals surface area (Å²) >= 11 is 3.37. The summed E-state index contributed by atoms with van der Waals surface area (Å²) in [6.45, 7) is 0. The van der Waals surface area contributed by atoms with Crippen LogP contribution in [0.4, 0.5) is 0 Å². The van der Waals surface area contributed by atoms with Crippen LogP contribution in [0.1, 0.15) is 16.2 Å². The van der Waals surface area contributed by atoms with E-state index >= 15 is 0 Å². The topological polar surface area (TPSA) is 61.3 Å². The minimum absolute atomic E-state index is 0.136. The van der Waals surface area contributed by atoms with Crippen molar-refractivity contribution in [3.8, 4) is 11.5 Å². The number of rotatable bonds is 4. The largest absolute Gasteiger partial charge is 0.493 e. The van der Waals surface area contributed by atoms with Crippen LogP contribution in [-0.4, -0.2) is 30.0 Å². The van der Waals surface area contributed by atoms with Crippen molar-refractivity contribution in [1.29, 1.82) is 0 Å². The molecule has 0 saturated carbocycles. The van der Waals surface area contributed by atoms with Gasteiger partial charge in [-0.25, -0.2) is 9.97 Å². The number of hydrogen-bond acceptors (Lipinski definition) is 5. The van der Waals surface area contributed by atoms with Crippen molar-refractivity contribution >= 4 is 32.6 Å². The van der Waals surface area contributed by atoms with Crippen LogP contribution in [0.3, 0.4) is 0 Å². The molecule has 1 aromatic heterocycles. The van der Waals surface area contributed by atoms with Crippen molar-refractivity contribution in [2.24, 2.45) is 0 Å². The molecule has 0 aliphatic rings.